The van der Waals surface area contributed by atoms with Gasteiger partial charge in [-0.05, 0) is 12.8 Å². The minimum absolute atomic E-state index is 0.585. The molecule has 106 valence electrons. The third-order valence-corrected chi connectivity index (χ3v) is 1.92. The Balaban J connectivity index is 2.98. The first-order valence-electron chi connectivity index (χ1n) is 6.60. The molecule has 0 N–H and O–H groups in total. The minimum atomic E-state index is 0.585. The molecule has 0 radical (unpaired) electrons. The van der Waals surface area contributed by atoms with E-state index in [-0.39, 0.29) is 0 Å². The molecule has 4 heteroatoms. The molecule has 0 aromatic carbocycles. The second kappa shape index (κ2) is 16.0. The van der Waals surface area contributed by atoms with Gasteiger partial charge in [0.15, 0.2) is 0 Å². The maximum absolute atomic E-state index is 5.32. The molecule has 0 unspecified atom stereocenters. The lowest BCUT2D eigenvalue weighted by atomic mass is 10.5. The quantitative estimate of drug-likeness (QED) is 0.376. The molecule has 18 heavy (non-hydrogen) atoms. The minimum Gasteiger partial charge on any atom is -0.499 e. The Morgan fingerprint density at radius 3 is 1.39 bits per heavy atom. The van der Waals surface area contributed by atoms with Gasteiger partial charge < -0.3 is 18.9 Å². The topological polar surface area (TPSA) is 36.9 Å². The molecule has 0 rings (SSSR count). The van der Waals surface area contributed by atoms with Gasteiger partial charge in [-0.1, -0.05) is 26.0 Å². The van der Waals surface area contributed by atoms with Gasteiger partial charge in [-0.25, -0.2) is 0 Å². The molecule has 0 spiro atoms. The molecule has 0 aliphatic carbocycles. The van der Waals surface area contributed by atoms with E-state index in [1.54, 1.807) is 12.5 Å². The second-order valence-electron chi connectivity index (χ2n) is 3.53. The normalized spacial score (nSPS) is 11.4. The summed E-state index contributed by atoms with van der Waals surface area (Å²) in [6.07, 6.45) is 9.34. The maximum Gasteiger partial charge on any atom is 0.111 e. The Kier molecular flexibility index (Phi) is 15.1. The fourth-order valence-corrected chi connectivity index (χ4v) is 1.00. The fourth-order valence-electron chi connectivity index (χ4n) is 1.00. The van der Waals surface area contributed by atoms with Gasteiger partial charge in [0.05, 0.1) is 39.0 Å². The van der Waals surface area contributed by atoms with Crippen molar-refractivity contribution >= 4 is 0 Å². The van der Waals surface area contributed by atoms with Crippen LogP contribution in [0.15, 0.2) is 24.7 Å². The van der Waals surface area contributed by atoms with E-state index in [1.807, 2.05) is 12.2 Å². The second-order valence-corrected chi connectivity index (χ2v) is 3.53. The smallest absolute Gasteiger partial charge is 0.111 e. The molecule has 0 saturated carbocycles. The van der Waals surface area contributed by atoms with Crippen molar-refractivity contribution in [2.75, 3.05) is 39.6 Å². The van der Waals surface area contributed by atoms with Crippen molar-refractivity contribution in [3.63, 3.8) is 0 Å². The van der Waals surface area contributed by atoms with E-state index in [1.165, 1.54) is 0 Å². The summed E-state index contributed by atoms with van der Waals surface area (Å²) in [5.74, 6) is 0. The first kappa shape index (κ1) is 17.0. The van der Waals surface area contributed by atoms with Crippen molar-refractivity contribution < 1.29 is 18.9 Å². The Hall–Kier alpha value is -1.00. The monoisotopic (exact) mass is 258 g/mol. The average molecular weight is 258 g/mol. The molecule has 0 fully saturated rings. The summed E-state index contributed by atoms with van der Waals surface area (Å²) < 4.78 is 21.0. The van der Waals surface area contributed by atoms with Crippen LogP contribution in [0.1, 0.15) is 26.7 Å². The van der Waals surface area contributed by atoms with Gasteiger partial charge in [0, 0.05) is 0 Å². The Morgan fingerprint density at radius 2 is 1.00 bits per heavy atom. The maximum atomic E-state index is 5.32. The number of allylic oxidation sites excluding steroid dienone is 2. The van der Waals surface area contributed by atoms with Crippen LogP contribution < -0.4 is 0 Å². The first-order valence-corrected chi connectivity index (χ1v) is 6.60. The van der Waals surface area contributed by atoms with Crippen molar-refractivity contribution in [3.8, 4) is 0 Å². The predicted molar refractivity (Wildman–Crippen MR) is 72.4 cm³/mol. The lowest BCUT2D eigenvalue weighted by Gasteiger charge is -2.05. The van der Waals surface area contributed by atoms with Crippen LogP contribution >= 0.6 is 0 Å². The zero-order valence-corrected chi connectivity index (χ0v) is 11.6. The summed E-state index contributed by atoms with van der Waals surface area (Å²) in [6, 6.07) is 0. The van der Waals surface area contributed by atoms with E-state index in [2.05, 4.69) is 13.8 Å². The van der Waals surface area contributed by atoms with Gasteiger partial charge in [0.25, 0.3) is 0 Å². The lowest BCUT2D eigenvalue weighted by molar-refractivity contribution is 0.0184. The SMILES string of the molecule is CC/C=C\OCCOCCOCCO/C=C\CC. The molecule has 0 amide bonds. The van der Waals surface area contributed by atoms with Gasteiger partial charge >= 0.3 is 0 Å². The molecule has 0 saturated heterocycles. The van der Waals surface area contributed by atoms with Crippen LogP contribution in [-0.4, -0.2) is 39.6 Å². The number of hydrogen-bond acceptors (Lipinski definition) is 4. The summed E-state index contributed by atoms with van der Waals surface area (Å²) >= 11 is 0. The van der Waals surface area contributed by atoms with E-state index < -0.39 is 0 Å². The van der Waals surface area contributed by atoms with Crippen molar-refractivity contribution in [2.45, 2.75) is 26.7 Å². The van der Waals surface area contributed by atoms with Gasteiger partial charge in [-0.2, -0.15) is 0 Å². The highest BCUT2D eigenvalue weighted by Crippen LogP contribution is 1.86. The molecule has 4 nitrogen and oxygen atoms in total. The van der Waals surface area contributed by atoms with Crippen molar-refractivity contribution in [3.05, 3.63) is 24.7 Å². The van der Waals surface area contributed by atoms with Crippen molar-refractivity contribution in [2.24, 2.45) is 0 Å². The number of ether oxygens (including phenoxy) is 4. The number of rotatable bonds is 13. The summed E-state index contributed by atoms with van der Waals surface area (Å²) in [6.45, 7) is 7.66. The van der Waals surface area contributed by atoms with Gasteiger partial charge in [0.1, 0.15) is 13.2 Å². The molecule has 0 bridgehead atoms. The highest BCUT2D eigenvalue weighted by atomic mass is 16.6. The molecule has 0 atom stereocenters. The highest BCUT2D eigenvalue weighted by Gasteiger charge is 1.90. The first-order chi connectivity index (χ1) is 8.91. The molecule has 0 aliphatic rings. The molecule has 0 aromatic heterocycles. The molecule has 0 aliphatic heterocycles. The van der Waals surface area contributed by atoms with Crippen molar-refractivity contribution in [1.82, 2.24) is 0 Å². The zero-order valence-electron chi connectivity index (χ0n) is 11.6. The van der Waals surface area contributed by atoms with Gasteiger partial charge in [0.2, 0.25) is 0 Å². The lowest BCUT2D eigenvalue weighted by Crippen LogP contribution is -2.10. The number of hydrogen-bond donors (Lipinski definition) is 0. The average Bonchev–Trinajstić information content (AvgIpc) is 2.39. The van der Waals surface area contributed by atoms with E-state index in [9.17, 15) is 0 Å². The molecular formula is C14H26O4. The van der Waals surface area contributed by atoms with Crippen LogP contribution in [-0.2, 0) is 18.9 Å². The van der Waals surface area contributed by atoms with Gasteiger partial charge in [-0.3, -0.25) is 0 Å². The summed E-state index contributed by atoms with van der Waals surface area (Å²) in [7, 11) is 0. The van der Waals surface area contributed by atoms with E-state index in [0.717, 1.165) is 12.8 Å². The Labute approximate surface area is 111 Å². The molecule has 0 heterocycles. The third-order valence-electron chi connectivity index (χ3n) is 1.92. The van der Waals surface area contributed by atoms with Crippen LogP contribution in [0.4, 0.5) is 0 Å². The van der Waals surface area contributed by atoms with E-state index in [4.69, 9.17) is 18.9 Å². The predicted octanol–water partition coefficient (Wildman–Crippen LogP) is 2.90. The molecular weight excluding hydrogens is 232 g/mol. The van der Waals surface area contributed by atoms with Crippen LogP contribution in [0.3, 0.4) is 0 Å². The molecule has 0 aromatic rings. The van der Waals surface area contributed by atoms with Crippen LogP contribution in [0.5, 0.6) is 0 Å². The van der Waals surface area contributed by atoms with Crippen molar-refractivity contribution in [1.29, 1.82) is 0 Å². The Bertz CT molecular complexity index is 180. The highest BCUT2D eigenvalue weighted by molar-refractivity contribution is 4.70. The third kappa shape index (κ3) is 15.0. The van der Waals surface area contributed by atoms with Crippen LogP contribution in [0.25, 0.3) is 0 Å². The fraction of sp³-hybridized carbons (Fsp3) is 0.714. The largest absolute Gasteiger partial charge is 0.499 e. The summed E-state index contributed by atoms with van der Waals surface area (Å²) in [5, 5.41) is 0. The summed E-state index contributed by atoms with van der Waals surface area (Å²) in [5.41, 5.74) is 0. The summed E-state index contributed by atoms with van der Waals surface area (Å²) in [4.78, 5) is 0. The van der Waals surface area contributed by atoms with Crippen LogP contribution in [0.2, 0.25) is 0 Å². The van der Waals surface area contributed by atoms with Gasteiger partial charge in [-0.15, -0.1) is 0 Å². The standard InChI is InChI=1S/C14H26O4/c1-3-5-7-15-9-11-17-13-14-18-12-10-16-8-6-4-2/h5-8H,3-4,9-14H2,1-2H3/b7-5-,8-6-. The zero-order chi connectivity index (χ0) is 13.3. The Morgan fingerprint density at radius 1 is 0.611 bits per heavy atom. The van der Waals surface area contributed by atoms with E-state index >= 15 is 0 Å². The van der Waals surface area contributed by atoms with Crippen LogP contribution in [0, 0.1) is 0 Å². The van der Waals surface area contributed by atoms with E-state index in [0.29, 0.717) is 39.6 Å².